The second-order valence-electron chi connectivity index (χ2n) is 9.81. The molecule has 2 aromatic carbocycles. The molecule has 0 radical (unpaired) electrons. The minimum atomic E-state index is -0.964. The lowest BCUT2D eigenvalue weighted by atomic mass is 9.95. The molecule has 38 heavy (non-hydrogen) atoms. The summed E-state index contributed by atoms with van der Waals surface area (Å²) < 4.78 is 6.17. The molecule has 4 rings (SSSR count). The highest BCUT2D eigenvalue weighted by atomic mass is 32.1. The van der Waals surface area contributed by atoms with Crippen molar-refractivity contribution in [2.75, 3.05) is 6.54 Å². The Labute approximate surface area is 225 Å². The summed E-state index contributed by atoms with van der Waals surface area (Å²) in [6.07, 6.45) is 0.355. The Kier molecular flexibility index (Phi) is 9.06. The molecule has 1 aliphatic rings. The zero-order valence-electron chi connectivity index (χ0n) is 21.4. The third-order valence-electron chi connectivity index (χ3n) is 6.35. The number of amides is 3. The number of aromatic nitrogens is 1. The maximum Gasteiger partial charge on any atom is 0.408 e. The number of thiazole rings is 1. The number of Topliss-reactive ketones (excluding diaryl/α,β-unsaturated/α-hetero) is 1. The van der Waals surface area contributed by atoms with Gasteiger partial charge in [-0.1, -0.05) is 56.3 Å². The fraction of sp³-hybridized carbons (Fsp3) is 0.393. The lowest BCUT2D eigenvalue weighted by molar-refractivity contribution is -0.125. The molecule has 3 aromatic rings. The Morgan fingerprint density at radius 3 is 2.47 bits per heavy atom. The summed E-state index contributed by atoms with van der Waals surface area (Å²) in [6, 6.07) is 14.8. The lowest BCUT2D eigenvalue weighted by Gasteiger charge is -2.24. The zero-order chi connectivity index (χ0) is 27.1. The van der Waals surface area contributed by atoms with E-state index in [9.17, 15) is 19.2 Å². The van der Waals surface area contributed by atoms with Crippen LogP contribution in [0.1, 0.15) is 48.5 Å². The van der Waals surface area contributed by atoms with Gasteiger partial charge in [-0.25, -0.2) is 9.78 Å². The number of carbonyl (C=O) groups excluding carboxylic acids is 4. The van der Waals surface area contributed by atoms with Gasteiger partial charge in [0.2, 0.25) is 17.6 Å². The predicted octanol–water partition coefficient (Wildman–Crippen LogP) is 3.83. The summed E-state index contributed by atoms with van der Waals surface area (Å²) in [5.74, 6) is -1.31. The first-order chi connectivity index (χ1) is 18.3. The molecule has 1 fully saturated rings. The molecule has 10 heteroatoms. The molecule has 0 bridgehead atoms. The molecule has 1 aromatic heterocycles. The van der Waals surface area contributed by atoms with Gasteiger partial charge < -0.3 is 20.7 Å². The highest BCUT2D eigenvalue weighted by Gasteiger charge is 2.34. The number of ketones is 1. The average Bonchev–Trinajstić information content (AvgIpc) is 3.52. The van der Waals surface area contributed by atoms with E-state index in [0.29, 0.717) is 24.9 Å². The van der Waals surface area contributed by atoms with E-state index in [4.69, 9.17) is 4.74 Å². The number of nitrogens with one attached hydrogen (secondary N) is 3. The summed E-state index contributed by atoms with van der Waals surface area (Å²) in [4.78, 5) is 56.2. The van der Waals surface area contributed by atoms with E-state index in [-0.39, 0.29) is 35.6 Å². The van der Waals surface area contributed by atoms with Gasteiger partial charge in [0.05, 0.1) is 16.3 Å². The summed E-state index contributed by atoms with van der Waals surface area (Å²) in [6.45, 7) is 4.47. The van der Waals surface area contributed by atoms with Crippen molar-refractivity contribution in [2.24, 2.45) is 11.8 Å². The van der Waals surface area contributed by atoms with Crippen molar-refractivity contribution >= 4 is 45.2 Å². The second-order valence-corrected chi connectivity index (χ2v) is 10.8. The van der Waals surface area contributed by atoms with Crippen LogP contribution in [0, 0.1) is 11.8 Å². The highest BCUT2D eigenvalue weighted by Crippen LogP contribution is 2.25. The van der Waals surface area contributed by atoms with Crippen LogP contribution < -0.4 is 16.0 Å². The lowest BCUT2D eigenvalue weighted by Crippen LogP contribution is -2.52. The molecule has 3 atom stereocenters. The molecule has 0 unspecified atom stereocenters. The fourth-order valence-corrected chi connectivity index (χ4v) is 5.35. The van der Waals surface area contributed by atoms with Crippen LogP contribution in [0.15, 0.2) is 54.6 Å². The van der Waals surface area contributed by atoms with Gasteiger partial charge >= 0.3 is 6.09 Å². The van der Waals surface area contributed by atoms with Gasteiger partial charge in [-0.3, -0.25) is 14.4 Å². The van der Waals surface area contributed by atoms with E-state index >= 15 is 0 Å². The number of carbonyl (C=O) groups is 4. The van der Waals surface area contributed by atoms with Crippen molar-refractivity contribution in [3.8, 4) is 0 Å². The number of rotatable bonds is 11. The Hall–Kier alpha value is -3.79. The predicted molar refractivity (Wildman–Crippen MR) is 145 cm³/mol. The van der Waals surface area contributed by atoms with Crippen LogP contribution in [0.2, 0.25) is 0 Å². The first kappa shape index (κ1) is 27.3. The molecule has 200 valence electrons. The maximum absolute atomic E-state index is 13.6. The number of fused-ring (bicyclic) bond motifs is 1. The number of hydrogen-bond donors (Lipinski definition) is 3. The van der Waals surface area contributed by atoms with Crippen LogP contribution >= 0.6 is 11.3 Å². The van der Waals surface area contributed by atoms with Crippen LogP contribution in [0.25, 0.3) is 10.2 Å². The molecule has 0 saturated carbocycles. The Morgan fingerprint density at radius 1 is 1.05 bits per heavy atom. The van der Waals surface area contributed by atoms with Crippen molar-refractivity contribution in [1.29, 1.82) is 0 Å². The first-order valence-electron chi connectivity index (χ1n) is 12.7. The van der Waals surface area contributed by atoms with Crippen molar-refractivity contribution in [2.45, 2.75) is 51.8 Å². The molecule has 3 amide bonds. The summed E-state index contributed by atoms with van der Waals surface area (Å²) in [7, 11) is 0. The molecule has 2 heterocycles. The van der Waals surface area contributed by atoms with Gasteiger partial charge in [-0.05, 0) is 42.9 Å². The minimum absolute atomic E-state index is 0.0677. The molecule has 1 saturated heterocycles. The van der Waals surface area contributed by atoms with E-state index in [0.717, 1.165) is 10.3 Å². The third-order valence-corrected chi connectivity index (χ3v) is 7.40. The Morgan fingerprint density at radius 2 is 1.79 bits per heavy atom. The second kappa shape index (κ2) is 12.6. The van der Waals surface area contributed by atoms with Crippen LogP contribution in [-0.4, -0.2) is 47.3 Å². The largest absolute Gasteiger partial charge is 0.445 e. The van der Waals surface area contributed by atoms with E-state index < -0.39 is 30.0 Å². The number of ether oxygens (including phenoxy) is 1. The van der Waals surface area contributed by atoms with Gasteiger partial charge in [0.1, 0.15) is 12.6 Å². The van der Waals surface area contributed by atoms with E-state index in [2.05, 4.69) is 20.9 Å². The monoisotopic (exact) mass is 536 g/mol. The molecule has 1 aliphatic heterocycles. The maximum atomic E-state index is 13.6. The smallest absolute Gasteiger partial charge is 0.408 e. The Bertz CT molecular complexity index is 1260. The molecule has 3 N–H and O–H groups in total. The summed E-state index contributed by atoms with van der Waals surface area (Å²) in [5, 5.41) is 8.52. The van der Waals surface area contributed by atoms with Crippen LogP contribution in [-0.2, 0) is 20.9 Å². The van der Waals surface area contributed by atoms with Crippen LogP contribution in [0.5, 0.6) is 0 Å². The third kappa shape index (κ3) is 7.16. The standard InChI is InChI=1S/C28H32N4O5S/c1-17(2)14-22(32-28(36)37-16-18-8-4-3-5-9-18)26(35)30-21(15-19-12-13-29-25(19)34)24(33)27-31-20-10-6-7-11-23(20)38-27/h3-11,17,19,21-22H,12-16H2,1-2H3,(H,29,34)(H,30,35)(H,32,36)/t19-,21-,22-/m0/s1. The summed E-state index contributed by atoms with van der Waals surface area (Å²) >= 11 is 1.25. The molecule has 9 nitrogen and oxygen atoms in total. The molecule has 0 aliphatic carbocycles. The van der Waals surface area contributed by atoms with Gasteiger partial charge in [-0.15, -0.1) is 11.3 Å². The number of para-hydroxylation sites is 1. The normalized spacial score (nSPS) is 16.6. The quantitative estimate of drug-likeness (QED) is 0.320. The van der Waals surface area contributed by atoms with Gasteiger partial charge in [0.25, 0.3) is 0 Å². The van der Waals surface area contributed by atoms with E-state index in [1.807, 2.05) is 68.4 Å². The molecule has 0 spiro atoms. The number of benzene rings is 2. The molecular formula is C28H32N4O5S. The summed E-state index contributed by atoms with van der Waals surface area (Å²) in [5.41, 5.74) is 1.52. The van der Waals surface area contributed by atoms with Crippen molar-refractivity contribution in [1.82, 2.24) is 20.9 Å². The van der Waals surface area contributed by atoms with Crippen molar-refractivity contribution in [3.05, 3.63) is 65.2 Å². The Balaban J connectivity index is 1.48. The SMILES string of the molecule is CC(C)C[C@H](NC(=O)OCc1ccccc1)C(=O)N[C@@H](C[C@@H]1CCNC1=O)C(=O)c1nc2ccccc2s1. The zero-order valence-corrected chi connectivity index (χ0v) is 22.3. The van der Waals surface area contributed by atoms with Crippen molar-refractivity contribution in [3.63, 3.8) is 0 Å². The number of nitrogens with zero attached hydrogens (tertiary/aromatic N) is 1. The minimum Gasteiger partial charge on any atom is -0.445 e. The van der Waals surface area contributed by atoms with Crippen LogP contribution in [0.4, 0.5) is 4.79 Å². The number of hydrogen-bond acceptors (Lipinski definition) is 7. The van der Waals surface area contributed by atoms with Gasteiger partial charge in [0.15, 0.2) is 5.01 Å². The van der Waals surface area contributed by atoms with E-state index in [1.54, 1.807) is 0 Å². The first-order valence-corrected chi connectivity index (χ1v) is 13.6. The van der Waals surface area contributed by atoms with Gasteiger partial charge in [0, 0.05) is 12.5 Å². The highest BCUT2D eigenvalue weighted by molar-refractivity contribution is 7.20. The molecular weight excluding hydrogens is 504 g/mol. The van der Waals surface area contributed by atoms with Crippen LogP contribution in [0.3, 0.4) is 0 Å². The van der Waals surface area contributed by atoms with Gasteiger partial charge in [-0.2, -0.15) is 0 Å². The fourth-order valence-electron chi connectivity index (χ4n) is 4.39. The average molecular weight is 537 g/mol. The number of alkyl carbamates (subject to hydrolysis) is 1. The van der Waals surface area contributed by atoms with E-state index in [1.165, 1.54) is 11.3 Å². The van der Waals surface area contributed by atoms with Crippen molar-refractivity contribution < 1.29 is 23.9 Å². The topological polar surface area (TPSA) is 126 Å².